The van der Waals surface area contributed by atoms with E-state index in [2.05, 4.69) is 0 Å². The second-order valence-electron chi connectivity index (χ2n) is 4.06. The molecule has 1 aromatic carbocycles. The summed E-state index contributed by atoms with van der Waals surface area (Å²) in [7, 11) is -2.53. The molecule has 0 saturated carbocycles. The standard InChI is InChI=1S/C11H15F3N2O2S/c1-16(10-6-3-2-5-9(10)15)19(17,18)8-4-7-11(12,13)14/h2-3,5-6H,4,7-8,15H2,1H3. The predicted octanol–water partition coefficient (Wildman–Crippen LogP) is 2.38. The quantitative estimate of drug-likeness (QED) is 0.848. The number of benzene rings is 1. The fourth-order valence-electron chi connectivity index (χ4n) is 1.52. The van der Waals surface area contributed by atoms with Gasteiger partial charge in [0.05, 0.1) is 17.1 Å². The third-order valence-corrected chi connectivity index (χ3v) is 4.39. The molecule has 0 spiro atoms. The maximum absolute atomic E-state index is 12.0. The summed E-state index contributed by atoms with van der Waals surface area (Å²) in [6.45, 7) is 0. The predicted molar refractivity (Wildman–Crippen MR) is 68.3 cm³/mol. The largest absolute Gasteiger partial charge is 0.397 e. The van der Waals surface area contributed by atoms with Crippen LogP contribution in [0.15, 0.2) is 24.3 Å². The highest BCUT2D eigenvalue weighted by Gasteiger charge is 2.28. The van der Waals surface area contributed by atoms with Crippen LogP contribution in [0.25, 0.3) is 0 Å². The van der Waals surface area contributed by atoms with Crippen molar-refractivity contribution in [3.8, 4) is 0 Å². The Morgan fingerprint density at radius 1 is 1.26 bits per heavy atom. The molecule has 0 radical (unpaired) electrons. The summed E-state index contributed by atoms with van der Waals surface area (Å²) in [6, 6.07) is 6.27. The lowest BCUT2D eigenvalue weighted by Crippen LogP contribution is -2.30. The van der Waals surface area contributed by atoms with E-state index in [1.54, 1.807) is 12.1 Å². The van der Waals surface area contributed by atoms with E-state index in [1.165, 1.54) is 19.2 Å². The zero-order valence-corrected chi connectivity index (χ0v) is 11.1. The van der Waals surface area contributed by atoms with Crippen molar-refractivity contribution >= 4 is 21.4 Å². The van der Waals surface area contributed by atoms with Gasteiger partial charge in [-0.2, -0.15) is 13.2 Å². The summed E-state index contributed by atoms with van der Waals surface area (Å²) in [5.74, 6) is -0.572. The minimum absolute atomic E-state index is 0.254. The van der Waals surface area contributed by atoms with Crippen molar-refractivity contribution in [2.24, 2.45) is 0 Å². The van der Waals surface area contributed by atoms with E-state index in [4.69, 9.17) is 5.73 Å². The fourth-order valence-corrected chi connectivity index (χ4v) is 2.77. The van der Waals surface area contributed by atoms with Crippen molar-refractivity contribution in [2.75, 3.05) is 22.8 Å². The van der Waals surface area contributed by atoms with Gasteiger partial charge in [-0.15, -0.1) is 0 Å². The topological polar surface area (TPSA) is 63.4 Å². The summed E-state index contributed by atoms with van der Waals surface area (Å²) < 4.78 is 60.6. The molecule has 0 aromatic heterocycles. The lowest BCUT2D eigenvalue weighted by molar-refractivity contribution is -0.134. The molecule has 0 atom stereocenters. The number of sulfonamides is 1. The smallest absolute Gasteiger partial charge is 0.389 e. The van der Waals surface area contributed by atoms with Gasteiger partial charge in [0.15, 0.2) is 0 Å². The van der Waals surface area contributed by atoms with Crippen LogP contribution in [-0.2, 0) is 10.0 Å². The molecule has 0 unspecified atom stereocenters. The van der Waals surface area contributed by atoms with E-state index in [0.29, 0.717) is 0 Å². The molecule has 4 nitrogen and oxygen atoms in total. The van der Waals surface area contributed by atoms with Crippen molar-refractivity contribution in [2.45, 2.75) is 19.0 Å². The maximum Gasteiger partial charge on any atom is 0.389 e. The highest BCUT2D eigenvalue weighted by atomic mass is 32.2. The van der Waals surface area contributed by atoms with E-state index in [1.807, 2.05) is 0 Å². The number of halogens is 3. The van der Waals surface area contributed by atoms with Crippen LogP contribution >= 0.6 is 0 Å². The molecular weight excluding hydrogens is 281 g/mol. The third-order valence-electron chi connectivity index (χ3n) is 2.56. The highest BCUT2D eigenvalue weighted by molar-refractivity contribution is 7.92. The Morgan fingerprint density at radius 3 is 2.37 bits per heavy atom. The molecule has 1 rings (SSSR count). The SMILES string of the molecule is CN(c1ccccc1N)S(=O)(=O)CCCC(F)(F)F. The Bertz CT molecular complexity index is 529. The van der Waals surface area contributed by atoms with Gasteiger partial charge in [-0.05, 0) is 18.6 Å². The summed E-state index contributed by atoms with van der Waals surface area (Å²) in [5, 5.41) is 0. The van der Waals surface area contributed by atoms with Crippen LogP contribution in [0.5, 0.6) is 0 Å². The summed E-state index contributed by atoms with van der Waals surface area (Å²) in [5.41, 5.74) is 6.14. The van der Waals surface area contributed by atoms with E-state index in [0.717, 1.165) is 4.31 Å². The zero-order valence-electron chi connectivity index (χ0n) is 10.3. The molecule has 8 heteroatoms. The van der Waals surface area contributed by atoms with Gasteiger partial charge in [0.1, 0.15) is 0 Å². The minimum atomic E-state index is -4.35. The lowest BCUT2D eigenvalue weighted by Gasteiger charge is -2.21. The normalized spacial score (nSPS) is 12.4. The molecule has 0 saturated heterocycles. The Morgan fingerprint density at radius 2 is 1.84 bits per heavy atom. The van der Waals surface area contributed by atoms with Crippen molar-refractivity contribution in [1.82, 2.24) is 0 Å². The number of nitrogens with zero attached hydrogens (tertiary/aromatic N) is 1. The molecule has 0 aliphatic rings. The first-order valence-electron chi connectivity index (χ1n) is 5.51. The van der Waals surface area contributed by atoms with E-state index >= 15 is 0 Å². The first-order chi connectivity index (χ1) is 8.63. The van der Waals surface area contributed by atoms with Crippen LogP contribution in [0, 0.1) is 0 Å². The van der Waals surface area contributed by atoms with E-state index < -0.39 is 34.8 Å². The van der Waals surface area contributed by atoms with Gasteiger partial charge in [0.2, 0.25) is 10.0 Å². The molecule has 0 bridgehead atoms. The molecule has 0 fully saturated rings. The molecule has 0 amide bonds. The van der Waals surface area contributed by atoms with Crippen LogP contribution in [0.2, 0.25) is 0 Å². The number of para-hydroxylation sites is 2. The van der Waals surface area contributed by atoms with Crippen LogP contribution in [0.3, 0.4) is 0 Å². The number of nitrogen functional groups attached to an aromatic ring is 1. The molecular formula is C11H15F3N2O2S. The monoisotopic (exact) mass is 296 g/mol. The first kappa shape index (κ1) is 15.6. The van der Waals surface area contributed by atoms with Gasteiger partial charge in [-0.1, -0.05) is 12.1 Å². The number of alkyl halides is 3. The maximum atomic E-state index is 12.0. The summed E-state index contributed by atoms with van der Waals surface area (Å²) >= 11 is 0. The van der Waals surface area contributed by atoms with Gasteiger partial charge in [0.25, 0.3) is 0 Å². The Hall–Kier alpha value is -1.44. The molecule has 108 valence electrons. The highest BCUT2D eigenvalue weighted by Crippen LogP contribution is 2.26. The molecule has 19 heavy (non-hydrogen) atoms. The second-order valence-corrected chi connectivity index (χ2v) is 6.18. The minimum Gasteiger partial charge on any atom is -0.397 e. The number of nitrogens with two attached hydrogens (primary N) is 1. The zero-order chi connectivity index (χ0) is 14.7. The molecule has 2 N–H and O–H groups in total. The van der Waals surface area contributed by atoms with Gasteiger partial charge < -0.3 is 5.73 Å². The van der Waals surface area contributed by atoms with Crippen LogP contribution in [0.4, 0.5) is 24.5 Å². The lowest BCUT2D eigenvalue weighted by atomic mass is 10.3. The number of rotatable bonds is 5. The Balaban J connectivity index is 2.75. The Kier molecular flexibility index (Phi) is 4.67. The number of hydrogen-bond acceptors (Lipinski definition) is 3. The average Bonchev–Trinajstić information content (AvgIpc) is 2.26. The molecule has 1 aromatic rings. The molecule has 0 aliphatic heterocycles. The third kappa shape index (κ3) is 4.62. The van der Waals surface area contributed by atoms with Crippen LogP contribution in [-0.4, -0.2) is 27.4 Å². The van der Waals surface area contributed by atoms with Gasteiger partial charge >= 0.3 is 6.18 Å². The second kappa shape index (κ2) is 5.68. The number of hydrogen-bond donors (Lipinski definition) is 1. The molecule has 0 aliphatic carbocycles. The van der Waals surface area contributed by atoms with Crippen molar-refractivity contribution in [3.05, 3.63) is 24.3 Å². The summed E-state index contributed by atoms with van der Waals surface area (Å²) in [4.78, 5) is 0. The van der Waals surface area contributed by atoms with Gasteiger partial charge in [0, 0.05) is 13.5 Å². The van der Waals surface area contributed by atoms with E-state index in [-0.39, 0.29) is 11.4 Å². The fraction of sp³-hybridized carbons (Fsp3) is 0.455. The van der Waals surface area contributed by atoms with Crippen LogP contribution in [0.1, 0.15) is 12.8 Å². The van der Waals surface area contributed by atoms with Crippen molar-refractivity contribution < 1.29 is 21.6 Å². The first-order valence-corrected chi connectivity index (χ1v) is 7.12. The molecule has 0 heterocycles. The van der Waals surface area contributed by atoms with Gasteiger partial charge in [-0.3, -0.25) is 4.31 Å². The van der Waals surface area contributed by atoms with E-state index in [9.17, 15) is 21.6 Å². The van der Waals surface area contributed by atoms with Crippen molar-refractivity contribution in [1.29, 1.82) is 0 Å². The number of anilines is 2. The van der Waals surface area contributed by atoms with Crippen LogP contribution < -0.4 is 10.0 Å². The summed E-state index contributed by atoms with van der Waals surface area (Å²) in [6.07, 6.45) is -5.94. The average molecular weight is 296 g/mol. The van der Waals surface area contributed by atoms with Crippen molar-refractivity contribution in [3.63, 3.8) is 0 Å². The van der Waals surface area contributed by atoms with Gasteiger partial charge in [-0.25, -0.2) is 8.42 Å². The Labute approximate surface area is 110 Å².